The molecule has 0 radical (unpaired) electrons. The van der Waals surface area contributed by atoms with Crippen molar-refractivity contribution in [3.63, 3.8) is 0 Å². The Kier molecular flexibility index (Phi) is 6.73. The lowest BCUT2D eigenvalue weighted by Gasteiger charge is -2.29. The molecule has 2 atom stereocenters. The van der Waals surface area contributed by atoms with Crippen LogP contribution in [0.2, 0.25) is 0 Å². The molecule has 5 heteroatoms. The Balaban J connectivity index is 3.07. The minimum Gasteiger partial charge on any atom is -0.480 e. The molecule has 108 valence electrons. The van der Waals surface area contributed by atoms with Crippen LogP contribution in [0.3, 0.4) is 0 Å². The highest BCUT2D eigenvalue weighted by Crippen LogP contribution is 2.27. The topological polar surface area (TPSA) is 56.3 Å². The van der Waals surface area contributed by atoms with Crippen LogP contribution < -0.4 is 10.1 Å². The van der Waals surface area contributed by atoms with Gasteiger partial charge in [0.2, 0.25) is 5.88 Å². The van der Waals surface area contributed by atoms with Crippen molar-refractivity contribution in [1.29, 1.82) is 0 Å². The van der Waals surface area contributed by atoms with Crippen molar-refractivity contribution in [2.24, 2.45) is 5.92 Å². The number of methoxy groups -OCH3 is 2. The summed E-state index contributed by atoms with van der Waals surface area (Å²) in [6.07, 6.45) is 4.40. The molecule has 0 amide bonds. The summed E-state index contributed by atoms with van der Waals surface area (Å²) in [6.45, 7) is 7.31. The van der Waals surface area contributed by atoms with Crippen LogP contribution in [0.25, 0.3) is 0 Å². The van der Waals surface area contributed by atoms with E-state index in [9.17, 15) is 0 Å². The minimum absolute atomic E-state index is 0.0198. The molecule has 5 nitrogen and oxygen atoms in total. The number of ether oxygens (including phenoxy) is 2. The second kappa shape index (κ2) is 8.07. The molecule has 19 heavy (non-hydrogen) atoms. The van der Waals surface area contributed by atoms with E-state index < -0.39 is 0 Å². The van der Waals surface area contributed by atoms with Gasteiger partial charge in [0.1, 0.15) is 5.69 Å². The van der Waals surface area contributed by atoms with Gasteiger partial charge in [-0.2, -0.15) is 0 Å². The van der Waals surface area contributed by atoms with Gasteiger partial charge in [-0.25, -0.2) is 4.98 Å². The number of nitrogens with one attached hydrogen (secondary N) is 1. The molecule has 0 aromatic carbocycles. The standard InChI is InChI=1S/C14H25N3O2/c1-6-7-15-11(13(18-4)10(2)3)12-14(19-5)17-9-8-16-12/h8-11,13,15H,6-7H2,1-5H3. The van der Waals surface area contributed by atoms with E-state index in [2.05, 4.69) is 36.1 Å². The average Bonchev–Trinajstić information content (AvgIpc) is 2.43. The maximum absolute atomic E-state index is 5.64. The molecule has 0 spiro atoms. The number of rotatable bonds is 8. The summed E-state index contributed by atoms with van der Waals surface area (Å²) in [5.41, 5.74) is 0.805. The summed E-state index contributed by atoms with van der Waals surface area (Å²) < 4.78 is 11.0. The zero-order valence-electron chi connectivity index (χ0n) is 12.5. The fraction of sp³-hybridized carbons (Fsp3) is 0.714. The Bertz CT molecular complexity index is 371. The molecule has 0 saturated heterocycles. The summed E-state index contributed by atoms with van der Waals surface area (Å²) >= 11 is 0. The molecule has 0 aliphatic heterocycles. The largest absolute Gasteiger partial charge is 0.480 e. The summed E-state index contributed by atoms with van der Waals surface area (Å²) in [5, 5.41) is 3.49. The molecule has 2 unspecified atom stereocenters. The van der Waals surface area contributed by atoms with Crippen LogP contribution in [0.4, 0.5) is 0 Å². The van der Waals surface area contributed by atoms with Crippen molar-refractivity contribution in [3.05, 3.63) is 18.1 Å². The molecule has 1 heterocycles. The average molecular weight is 267 g/mol. The van der Waals surface area contributed by atoms with E-state index >= 15 is 0 Å². The zero-order chi connectivity index (χ0) is 14.3. The Hall–Kier alpha value is -1.20. The molecule has 1 aromatic heterocycles. The van der Waals surface area contributed by atoms with Crippen LogP contribution in [0.5, 0.6) is 5.88 Å². The number of hydrogen-bond donors (Lipinski definition) is 1. The third-order valence-electron chi connectivity index (χ3n) is 3.05. The summed E-state index contributed by atoms with van der Waals surface area (Å²) in [4.78, 5) is 8.65. The van der Waals surface area contributed by atoms with Crippen LogP contribution in [-0.2, 0) is 4.74 Å². The first kappa shape index (κ1) is 15.9. The van der Waals surface area contributed by atoms with Crippen molar-refractivity contribution >= 4 is 0 Å². The fourth-order valence-corrected chi connectivity index (χ4v) is 2.17. The number of aromatic nitrogens is 2. The second-order valence-electron chi connectivity index (χ2n) is 4.83. The molecule has 1 N–H and O–H groups in total. The zero-order valence-corrected chi connectivity index (χ0v) is 12.5. The van der Waals surface area contributed by atoms with Crippen LogP contribution in [0.1, 0.15) is 38.9 Å². The molecule has 0 saturated carbocycles. The van der Waals surface area contributed by atoms with Crippen LogP contribution in [-0.4, -0.2) is 36.8 Å². The highest BCUT2D eigenvalue weighted by Gasteiger charge is 2.29. The van der Waals surface area contributed by atoms with Gasteiger partial charge in [0.25, 0.3) is 0 Å². The molecule has 0 aliphatic carbocycles. The minimum atomic E-state index is -0.0198. The van der Waals surface area contributed by atoms with Crippen molar-refractivity contribution in [2.75, 3.05) is 20.8 Å². The molecule has 0 fully saturated rings. The van der Waals surface area contributed by atoms with Gasteiger partial charge in [0.15, 0.2) is 0 Å². The summed E-state index contributed by atoms with van der Waals surface area (Å²) in [5.74, 6) is 0.921. The lowest BCUT2D eigenvalue weighted by Crippen LogP contribution is -2.38. The van der Waals surface area contributed by atoms with Crippen LogP contribution in [0.15, 0.2) is 12.4 Å². The Labute approximate surface area is 115 Å². The monoisotopic (exact) mass is 267 g/mol. The Morgan fingerprint density at radius 1 is 1.21 bits per heavy atom. The molecular weight excluding hydrogens is 242 g/mol. The highest BCUT2D eigenvalue weighted by atomic mass is 16.5. The Morgan fingerprint density at radius 2 is 1.89 bits per heavy atom. The number of hydrogen-bond acceptors (Lipinski definition) is 5. The van der Waals surface area contributed by atoms with Gasteiger partial charge in [-0.1, -0.05) is 20.8 Å². The first-order valence-corrected chi connectivity index (χ1v) is 6.76. The van der Waals surface area contributed by atoms with Crippen LogP contribution in [0, 0.1) is 5.92 Å². The predicted octanol–water partition coefficient (Wildman–Crippen LogP) is 2.20. The van der Waals surface area contributed by atoms with Gasteiger partial charge in [-0.15, -0.1) is 0 Å². The fourth-order valence-electron chi connectivity index (χ4n) is 2.17. The molecule has 1 rings (SSSR count). The molecule has 1 aromatic rings. The summed E-state index contributed by atoms with van der Waals surface area (Å²) in [7, 11) is 3.34. The van der Waals surface area contributed by atoms with Gasteiger partial charge < -0.3 is 14.8 Å². The van der Waals surface area contributed by atoms with Gasteiger partial charge in [-0.3, -0.25) is 4.98 Å². The first-order chi connectivity index (χ1) is 9.15. The Morgan fingerprint density at radius 3 is 2.42 bits per heavy atom. The second-order valence-corrected chi connectivity index (χ2v) is 4.83. The normalized spacial score (nSPS) is 14.4. The summed E-state index contributed by atoms with van der Waals surface area (Å²) in [6, 6.07) is -0.0198. The lowest BCUT2D eigenvalue weighted by molar-refractivity contribution is 0.0305. The third-order valence-corrected chi connectivity index (χ3v) is 3.05. The maximum atomic E-state index is 5.64. The van der Waals surface area contributed by atoms with Crippen molar-refractivity contribution in [3.8, 4) is 5.88 Å². The van der Waals surface area contributed by atoms with Gasteiger partial charge >= 0.3 is 0 Å². The van der Waals surface area contributed by atoms with Gasteiger partial charge in [-0.05, 0) is 18.9 Å². The van der Waals surface area contributed by atoms with E-state index in [4.69, 9.17) is 9.47 Å². The van der Waals surface area contributed by atoms with Crippen molar-refractivity contribution in [1.82, 2.24) is 15.3 Å². The van der Waals surface area contributed by atoms with E-state index in [1.807, 2.05) is 0 Å². The van der Waals surface area contributed by atoms with Crippen molar-refractivity contribution in [2.45, 2.75) is 39.3 Å². The smallest absolute Gasteiger partial charge is 0.237 e. The van der Waals surface area contributed by atoms with Crippen molar-refractivity contribution < 1.29 is 9.47 Å². The van der Waals surface area contributed by atoms with E-state index in [1.165, 1.54) is 0 Å². The van der Waals surface area contributed by atoms with Gasteiger partial charge in [0.05, 0.1) is 19.3 Å². The predicted molar refractivity (Wildman–Crippen MR) is 75.3 cm³/mol. The molecular formula is C14H25N3O2. The quantitative estimate of drug-likeness (QED) is 0.782. The van der Waals surface area contributed by atoms with E-state index in [0.717, 1.165) is 18.7 Å². The first-order valence-electron chi connectivity index (χ1n) is 6.76. The molecule has 0 aliphatic rings. The van der Waals surface area contributed by atoms with E-state index in [1.54, 1.807) is 26.6 Å². The SMILES string of the molecule is CCCNC(c1nccnc1OC)C(OC)C(C)C. The molecule has 0 bridgehead atoms. The van der Waals surface area contributed by atoms with Crippen LogP contribution >= 0.6 is 0 Å². The van der Waals surface area contributed by atoms with E-state index in [0.29, 0.717) is 11.8 Å². The number of nitrogens with zero attached hydrogens (tertiary/aromatic N) is 2. The highest BCUT2D eigenvalue weighted by molar-refractivity contribution is 5.22. The lowest BCUT2D eigenvalue weighted by atomic mass is 9.96. The van der Waals surface area contributed by atoms with E-state index in [-0.39, 0.29) is 12.1 Å². The van der Waals surface area contributed by atoms with Gasteiger partial charge in [0, 0.05) is 19.5 Å². The maximum Gasteiger partial charge on any atom is 0.237 e. The third kappa shape index (κ3) is 4.14.